The normalized spacial score (nSPS) is 12.2. The number of aromatic nitrogens is 4. The van der Waals surface area contributed by atoms with Gasteiger partial charge in [-0.05, 0) is 13.0 Å². The summed E-state index contributed by atoms with van der Waals surface area (Å²) >= 11 is 6.00. The van der Waals surface area contributed by atoms with Gasteiger partial charge in [-0.3, -0.25) is 4.79 Å². The number of pyridine rings is 1. The molecule has 0 aliphatic carbocycles. The molecule has 3 rings (SSSR count). The number of anilines is 1. The fraction of sp³-hybridized carbons (Fsp3) is 0.250. The lowest BCUT2D eigenvalue weighted by molar-refractivity contribution is -0.120. The fourth-order valence-corrected chi connectivity index (χ4v) is 2.58. The molecule has 9 heteroatoms. The van der Waals surface area contributed by atoms with E-state index in [1.807, 2.05) is 0 Å². The maximum Gasteiger partial charge on any atom is 0.221 e. The summed E-state index contributed by atoms with van der Waals surface area (Å²) in [4.78, 5) is 26.9. The van der Waals surface area contributed by atoms with Crippen LogP contribution in [-0.2, 0) is 4.79 Å². The Kier molecular flexibility index (Phi) is 4.80. The number of aromatic amines is 1. The van der Waals surface area contributed by atoms with Crippen molar-refractivity contribution in [3.63, 3.8) is 0 Å². The van der Waals surface area contributed by atoms with Gasteiger partial charge in [0.05, 0.1) is 11.2 Å². The number of carbonyl (C=O) groups excluding carboxylic acids is 1. The molecule has 1 amide bonds. The average Bonchev–Trinajstić information content (AvgIpc) is 2.99. The second-order valence-electron chi connectivity index (χ2n) is 5.56. The lowest BCUT2D eigenvalue weighted by Gasteiger charge is -2.14. The lowest BCUT2D eigenvalue weighted by atomic mass is 10.2. The van der Waals surface area contributed by atoms with Crippen LogP contribution in [0.4, 0.5) is 10.2 Å². The monoisotopic (exact) mass is 368 g/mol. The summed E-state index contributed by atoms with van der Waals surface area (Å²) in [5, 5.41) is 6.64. The molecule has 3 N–H and O–H groups in total. The van der Waals surface area contributed by atoms with Gasteiger partial charge in [0.1, 0.15) is 5.65 Å². The molecule has 25 heavy (non-hydrogen) atoms. The Bertz CT molecular complexity index is 942. The van der Waals surface area contributed by atoms with Crippen LogP contribution in [0.5, 0.6) is 0 Å². The predicted octanol–water partition coefficient (Wildman–Crippen LogP) is 3.49. The maximum absolute atomic E-state index is 14.0. The third-order valence-electron chi connectivity index (χ3n) is 3.64. The van der Waals surface area contributed by atoms with Gasteiger partial charge in [0, 0.05) is 47.1 Å². The zero-order chi connectivity index (χ0) is 18.0. The molecular formula is C16H22ClFN6O. The molecule has 0 saturated heterocycles. The molecular weight excluding hydrogens is 347 g/mol. The summed E-state index contributed by atoms with van der Waals surface area (Å²) < 4.78 is 14.0. The van der Waals surface area contributed by atoms with Crippen LogP contribution in [0, 0.1) is 5.82 Å². The topological polar surface area (TPSA) is 95.6 Å². The number of H-pyrrole nitrogens is 1. The molecule has 0 aliphatic rings. The number of nitrogens with zero attached hydrogens (tertiary/aromatic N) is 3. The first kappa shape index (κ1) is 17.1. The number of halogens is 2. The van der Waals surface area contributed by atoms with E-state index in [9.17, 15) is 9.18 Å². The largest absolute Gasteiger partial charge is 0.365 e. The van der Waals surface area contributed by atoms with Gasteiger partial charge in [0.2, 0.25) is 5.91 Å². The van der Waals surface area contributed by atoms with E-state index < -0.39 is 5.82 Å². The van der Waals surface area contributed by atoms with Crippen LogP contribution in [0.25, 0.3) is 22.4 Å². The van der Waals surface area contributed by atoms with Gasteiger partial charge in [-0.15, -0.1) is 0 Å². The zero-order valence-corrected chi connectivity index (χ0v) is 14.4. The highest BCUT2D eigenvalue weighted by Gasteiger charge is 2.16. The van der Waals surface area contributed by atoms with E-state index >= 15 is 0 Å². The van der Waals surface area contributed by atoms with E-state index in [2.05, 4.69) is 30.6 Å². The van der Waals surface area contributed by atoms with Crippen LogP contribution in [0.3, 0.4) is 0 Å². The van der Waals surface area contributed by atoms with E-state index in [0.717, 1.165) is 11.6 Å². The number of nitrogens with one attached hydrogen (secondary N) is 3. The van der Waals surface area contributed by atoms with E-state index in [4.69, 9.17) is 11.6 Å². The van der Waals surface area contributed by atoms with Gasteiger partial charge in [-0.2, -0.15) is 0 Å². The van der Waals surface area contributed by atoms with Gasteiger partial charge in [-0.25, -0.2) is 19.3 Å². The summed E-state index contributed by atoms with van der Waals surface area (Å²) in [5.41, 5.74) is 1.29. The van der Waals surface area contributed by atoms with Crippen molar-refractivity contribution in [1.29, 1.82) is 0 Å². The number of hydrogen-bond donors (Lipinski definition) is 3. The molecule has 0 radical (unpaired) electrons. The molecule has 3 heterocycles. The Morgan fingerprint density at radius 2 is 2.24 bits per heavy atom. The van der Waals surface area contributed by atoms with Gasteiger partial charge in [0.15, 0.2) is 17.5 Å². The Balaban J connectivity index is 0.00000243. The first-order chi connectivity index (χ1) is 12.0. The molecule has 0 aliphatic heterocycles. The van der Waals surface area contributed by atoms with E-state index in [1.165, 1.54) is 6.20 Å². The van der Waals surface area contributed by atoms with E-state index in [1.54, 1.807) is 26.2 Å². The molecule has 0 aromatic carbocycles. The molecule has 3 aromatic heterocycles. The minimum Gasteiger partial charge on any atom is -0.365 e. The number of carbonyl (C=O) groups is 1. The van der Waals surface area contributed by atoms with Crippen molar-refractivity contribution in [3.05, 3.63) is 35.5 Å². The third-order valence-corrected chi connectivity index (χ3v) is 3.84. The Morgan fingerprint density at radius 1 is 1.44 bits per heavy atom. The van der Waals surface area contributed by atoms with Crippen molar-refractivity contribution in [1.82, 2.24) is 25.3 Å². The Labute approximate surface area is 152 Å². The van der Waals surface area contributed by atoms with Crippen LogP contribution in [-0.4, -0.2) is 38.9 Å². The maximum atomic E-state index is 14.0. The van der Waals surface area contributed by atoms with Crippen molar-refractivity contribution in [3.8, 4) is 11.4 Å². The highest BCUT2D eigenvalue weighted by atomic mass is 35.5. The smallest absolute Gasteiger partial charge is 0.221 e. The van der Waals surface area contributed by atoms with Crippen molar-refractivity contribution >= 4 is 34.4 Å². The van der Waals surface area contributed by atoms with E-state index in [-0.39, 0.29) is 28.5 Å². The zero-order valence-electron chi connectivity index (χ0n) is 13.6. The molecule has 7 nitrogen and oxygen atoms in total. The van der Waals surface area contributed by atoms with Gasteiger partial charge < -0.3 is 15.6 Å². The first-order valence-electron chi connectivity index (χ1n) is 7.60. The molecule has 0 unspecified atom stereocenters. The molecule has 136 valence electrons. The van der Waals surface area contributed by atoms with Crippen LogP contribution in [0.15, 0.2) is 24.7 Å². The second-order valence-corrected chi connectivity index (χ2v) is 6.00. The van der Waals surface area contributed by atoms with Crippen LogP contribution in [0.1, 0.15) is 17.6 Å². The highest BCUT2D eigenvalue weighted by Crippen LogP contribution is 2.28. The van der Waals surface area contributed by atoms with Crippen molar-refractivity contribution in [2.24, 2.45) is 0 Å². The van der Waals surface area contributed by atoms with Crippen molar-refractivity contribution in [2.45, 2.75) is 19.4 Å². The Hall–Kier alpha value is -2.74. The number of fused-ring (bicyclic) bond motifs is 1. The van der Waals surface area contributed by atoms with Gasteiger partial charge in [0.25, 0.3) is 0 Å². The van der Waals surface area contributed by atoms with Gasteiger partial charge >= 0.3 is 0 Å². The third kappa shape index (κ3) is 3.69. The molecule has 0 bridgehead atoms. The standard InChI is InChI=1S/C16H16ClFN6O.3H2/c1-8(3-13(25)19-2)23-16-12(18)7-22-15(24-16)11-6-21-14-10(11)4-9(17)5-20-14;;;/h4-8H,3H2,1-2H3,(H,19,25)(H,20,21)(H,22,23,24);3*1H/t8-;;;/m0.../s1. The molecule has 0 fully saturated rings. The Morgan fingerprint density at radius 3 is 3.00 bits per heavy atom. The van der Waals surface area contributed by atoms with E-state index in [0.29, 0.717) is 22.1 Å². The number of rotatable bonds is 5. The minimum atomic E-state index is -0.594. The highest BCUT2D eigenvalue weighted by molar-refractivity contribution is 6.31. The molecule has 1 atom stereocenters. The summed E-state index contributed by atoms with van der Waals surface area (Å²) in [6, 6.07) is 1.44. The fourth-order valence-electron chi connectivity index (χ4n) is 2.43. The lowest BCUT2D eigenvalue weighted by Crippen LogP contribution is -2.27. The molecule has 0 spiro atoms. The van der Waals surface area contributed by atoms with Crippen molar-refractivity contribution in [2.75, 3.05) is 12.4 Å². The summed E-state index contributed by atoms with van der Waals surface area (Å²) in [7, 11) is 1.55. The predicted molar refractivity (Wildman–Crippen MR) is 100 cm³/mol. The quantitative estimate of drug-likeness (QED) is 0.640. The van der Waals surface area contributed by atoms with Crippen LogP contribution in [0.2, 0.25) is 5.02 Å². The summed E-state index contributed by atoms with van der Waals surface area (Å²) in [6.07, 6.45) is 4.51. The van der Waals surface area contributed by atoms with Crippen LogP contribution < -0.4 is 10.6 Å². The minimum absolute atomic E-state index is 0. The number of amides is 1. The average molecular weight is 369 g/mol. The summed E-state index contributed by atoms with van der Waals surface area (Å²) in [6.45, 7) is 1.77. The number of hydrogen-bond acceptors (Lipinski definition) is 5. The molecule has 0 saturated carbocycles. The summed E-state index contributed by atoms with van der Waals surface area (Å²) in [5.74, 6) is -0.382. The van der Waals surface area contributed by atoms with Gasteiger partial charge in [-0.1, -0.05) is 11.6 Å². The SMILES string of the molecule is CNC(=O)C[C@H](C)Nc1nc(-c2c[nH]c3ncc(Cl)cc23)ncc1F.[HH].[HH].[HH]. The second kappa shape index (κ2) is 7.02. The van der Waals surface area contributed by atoms with Crippen molar-refractivity contribution < 1.29 is 13.5 Å². The van der Waals surface area contributed by atoms with Crippen LogP contribution >= 0.6 is 11.6 Å². The first-order valence-corrected chi connectivity index (χ1v) is 7.98. The molecule has 3 aromatic rings.